The van der Waals surface area contributed by atoms with Crippen molar-refractivity contribution in [2.24, 2.45) is 5.92 Å². The Labute approximate surface area is 84.1 Å². The first-order chi connectivity index (χ1) is 5.75. The predicted octanol–water partition coefficient (Wildman–Crippen LogP) is 0.502. The summed E-state index contributed by atoms with van der Waals surface area (Å²) in [6, 6.07) is 0.539. The summed E-state index contributed by atoms with van der Waals surface area (Å²) in [5, 5.41) is 3.22. The van der Waals surface area contributed by atoms with Gasteiger partial charge in [0.2, 0.25) is 0 Å². The van der Waals surface area contributed by atoms with Gasteiger partial charge < -0.3 is 35.1 Å². The van der Waals surface area contributed by atoms with Crippen molar-refractivity contribution in [2.75, 3.05) is 19.6 Å². The van der Waals surface area contributed by atoms with Gasteiger partial charge in [-0.15, -0.1) is 0 Å². The maximum atomic E-state index is 4.88. The summed E-state index contributed by atoms with van der Waals surface area (Å²) in [6.45, 7) is 3.68. The Hall–Kier alpha value is 0.0700. The molecular weight excluding hydrogens is 188 g/mol. The van der Waals surface area contributed by atoms with Gasteiger partial charge >= 0.3 is 0 Å². The Bertz CT molecular complexity index is 187. The van der Waals surface area contributed by atoms with Gasteiger partial charge in [-0.2, -0.15) is 0 Å². The summed E-state index contributed by atoms with van der Waals surface area (Å²) in [4.78, 5) is 2.49. The summed E-state index contributed by atoms with van der Waals surface area (Å²) >= 11 is 9.75. The number of hydrogen-bond acceptors (Lipinski definition) is 3. The minimum absolute atomic E-state index is 0.536. The smallest absolute Gasteiger partial charge is 0.0402 e. The largest absolute Gasteiger partial charge is 0.412 e. The maximum absolute atomic E-state index is 4.88. The molecule has 0 saturated carbocycles. The molecule has 0 aromatic heterocycles. The number of rotatable bonds is 1. The first-order valence-electron chi connectivity index (χ1n) is 4.45. The van der Waals surface area contributed by atoms with Gasteiger partial charge in [-0.05, 0) is 31.8 Å². The molecule has 0 radical (unpaired) electrons. The Balaban J connectivity index is 1.95. The van der Waals surface area contributed by atoms with Crippen molar-refractivity contribution in [3.8, 4) is 0 Å². The third kappa shape index (κ3) is 1.70. The van der Waals surface area contributed by atoms with Crippen LogP contribution < -0.4 is 5.32 Å². The van der Waals surface area contributed by atoms with Gasteiger partial charge in [0.25, 0.3) is 0 Å². The van der Waals surface area contributed by atoms with Gasteiger partial charge in [0, 0.05) is 12.6 Å². The lowest BCUT2D eigenvalue weighted by molar-refractivity contribution is 0.0819. The van der Waals surface area contributed by atoms with E-state index >= 15 is 0 Å². The number of nitrogens with zero attached hydrogens (tertiary/aromatic N) is 1. The zero-order valence-electron chi connectivity index (χ0n) is 6.95. The van der Waals surface area contributed by atoms with Crippen LogP contribution in [0.1, 0.15) is 12.8 Å². The lowest BCUT2D eigenvalue weighted by Gasteiger charge is -2.45. The Morgan fingerprint density at radius 3 is 2.50 bits per heavy atom. The van der Waals surface area contributed by atoms with Crippen molar-refractivity contribution in [3.05, 3.63) is 0 Å². The van der Waals surface area contributed by atoms with Crippen LogP contribution in [-0.2, 0) is 12.6 Å². The minimum atomic E-state index is 0.536. The second kappa shape index (κ2) is 3.44. The topological polar surface area (TPSA) is 15.3 Å². The summed E-state index contributed by atoms with van der Waals surface area (Å²) in [5.41, 5.74) is 0. The molecule has 3 aliphatic heterocycles. The predicted molar refractivity (Wildman–Crippen MR) is 56.1 cm³/mol. The molecule has 0 spiro atoms. The SMILES string of the molecule is S=C([S-])N[C@H]1CN2CCC1CC2. The highest BCUT2D eigenvalue weighted by atomic mass is 32.1. The van der Waals surface area contributed by atoms with E-state index in [1.807, 2.05) is 0 Å². The average molecular weight is 201 g/mol. The highest BCUT2D eigenvalue weighted by Crippen LogP contribution is 2.27. The summed E-state index contributed by atoms with van der Waals surface area (Å²) in [5.74, 6) is 0.816. The van der Waals surface area contributed by atoms with Crippen molar-refractivity contribution < 1.29 is 0 Å². The normalized spacial score (nSPS) is 39.5. The number of thiocarbonyl (C=S) groups is 1. The molecule has 2 nitrogen and oxygen atoms in total. The van der Waals surface area contributed by atoms with E-state index < -0.39 is 0 Å². The minimum Gasteiger partial charge on any atom is -0.412 e. The zero-order chi connectivity index (χ0) is 8.55. The van der Waals surface area contributed by atoms with Gasteiger partial charge in [-0.1, -0.05) is 4.32 Å². The van der Waals surface area contributed by atoms with Crippen molar-refractivity contribution in [3.63, 3.8) is 0 Å². The highest BCUT2D eigenvalue weighted by molar-refractivity contribution is 8.00. The molecule has 3 heterocycles. The second-order valence-corrected chi connectivity index (χ2v) is 4.75. The van der Waals surface area contributed by atoms with E-state index in [2.05, 4.69) is 10.2 Å². The Morgan fingerprint density at radius 1 is 1.42 bits per heavy atom. The van der Waals surface area contributed by atoms with Crippen LogP contribution in [0.15, 0.2) is 0 Å². The summed E-state index contributed by atoms with van der Waals surface area (Å²) in [6.07, 6.45) is 2.63. The van der Waals surface area contributed by atoms with Crippen LogP contribution in [0.5, 0.6) is 0 Å². The third-order valence-corrected chi connectivity index (χ3v) is 3.20. The molecule has 1 N–H and O–H groups in total. The van der Waals surface area contributed by atoms with Crippen LogP contribution in [0.3, 0.4) is 0 Å². The summed E-state index contributed by atoms with van der Waals surface area (Å²) in [7, 11) is 0. The standard InChI is InChI=1S/C8H14N2S2/c11-8(12)9-7-5-10-3-1-6(7)2-4-10/h6-7H,1-5H2,(H2,9,11,12)/p-1/t7-/m0/s1. The molecule has 0 aromatic carbocycles. The molecule has 1 atom stereocenters. The van der Waals surface area contributed by atoms with Gasteiger partial charge in [-0.25, -0.2) is 0 Å². The highest BCUT2D eigenvalue weighted by Gasteiger charge is 2.33. The molecular formula is C8H13N2S2-. The average Bonchev–Trinajstić information content (AvgIpc) is 2.05. The van der Waals surface area contributed by atoms with Crippen molar-refractivity contribution in [1.29, 1.82) is 0 Å². The number of nitrogens with one attached hydrogen (secondary N) is 1. The monoisotopic (exact) mass is 201 g/mol. The number of piperidine rings is 3. The fourth-order valence-corrected chi connectivity index (χ4v) is 2.58. The molecule has 2 bridgehead atoms. The Morgan fingerprint density at radius 2 is 2.08 bits per heavy atom. The lowest BCUT2D eigenvalue weighted by Crippen LogP contribution is -2.56. The van der Waals surface area contributed by atoms with Crippen molar-refractivity contribution >= 4 is 29.2 Å². The quantitative estimate of drug-likeness (QED) is 0.491. The van der Waals surface area contributed by atoms with Crippen LogP contribution in [0, 0.1) is 5.92 Å². The van der Waals surface area contributed by atoms with Crippen molar-refractivity contribution in [2.45, 2.75) is 18.9 Å². The third-order valence-electron chi connectivity index (χ3n) is 2.96. The van der Waals surface area contributed by atoms with E-state index in [4.69, 9.17) is 24.8 Å². The Kier molecular flexibility index (Phi) is 2.48. The fraction of sp³-hybridized carbons (Fsp3) is 0.875. The van der Waals surface area contributed by atoms with Gasteiger partial charge in [0.1, 0.15) is 0 Å². The molecule has 3 fully saturated rings. The number of fused-ring (bicyclic) bond motifs is 3. The first kappa shape index (κ1) is 8.66. The van der Waals surface area contributed by atoms with Crippen molar-refractivity contribution in [1.82, 2.24) is 10.2 Å². The van der Waals surface area contributed by atoms with E-state index in [1.165, 1.54) is 25.9 Å². The molecule has 0 aromatic rings. The molecule has 0 unspecified atom stereocenters. The molecule has 4 heteroatoms. The summed E-state index contributed by atoms with van der Waals surface area (Å²) < 4.78 is 0.536. The molecule has 12 heavy (non-hydrogen) atoms. The fourth-order valence-electron chi connectivity index (χ4n) is 2.28. The zero-order valence-corrected chi connectivity index (χ0v) is 8.59. The lowest BCUT2D eigenvalue weighted by atomic mass is 9.84. The van der Waals surface area contributed by atoms with Crippen LogP contribution in [0.2, 0.25) is 0 Å². The number of hydrogen-bond donors (Lipinski definition) is 1. The second-order valence-electron chi connectivity index (χ2n) is 3.68. The molecule has 3 rings (SSSR count). The molecule has 3 aliphatic rings. The van der Waals surface area contributed by atoms with E-state index in [0.29, 0.717) is 10.4 Å². The van der Waals surface area contributed by atoms with Crippen LogP contribution >= 0.6 is 12.2 Å². The molecule has 0 amide bonds. The van der Waals surface area contributed by atoms with Crippen LogP contribution in [0.4, 0.5) is 0 Å². The van der Waals surface area contributed by atoms with Crippen LogP contribution in [0.25, 0.3) is 0 Å². The first-order valence-corrected chi connectivity index (χ1v) is 5.27. The van der Waals surface area contributed by atoms with E-state index in [1.54, 1.807) is 0 Å². The maximum Gasteiger partial charge on any atom is 0.0402 e. The van der Waals surface area contributed by atoms with Crippen LogP contribution in [-0.4, -0.2) is 34.9 Å². The van der Waals surface area contributed by atoms with E-state index in [-0.39, 0.29) is 0 Å². The van der Waals surface area contributed by atoms with E-state index in [9.17, 15) is 0 Å². The van der Waals surface area contributed by atoms with E-state index in [0.717, 1.165) is 12.5 Å². The van der Waals surface area contributed by atoms with Gasteiger partial charge in [-0.3, -0.25) is 0 Å². The molecule has 68 valence electrons. The van der Waals surface area contributed by atoms with Gasteiger partial charge in [0.15, 0.2) is 0 Å². The molecule has 3 saturated heterocycles. The molecule has 0 aliphatic carbocycles. The van der Waals surface area contributed by atoms with Gasteiger partial charge in [0.05, 0.1) is 0 Å².